The number of rotatable bonds is 6. The number of halogens is 1. The number of aliphatic hydroxyl groups excluding tert-OH is 1. The van der Waals surface area contributed by atoms with E-state index in [0.29, 0.717) is 0 Å². The summed E-state index contributed by atoms with van der Waals surface area (Å²) in [5.74, 6) is -1.92. The largest absolute Gasteiger partial charge is 0.494 e. The van der Waals surface area contributed by atoms with Gasteiger partial charge in [-0.15, -0.1) is 0 Å². The Kier molecular flexibility index (Phi) is 5.73. The van der Waals surface area contributed by atoms with E-state index in [-0.39, 0.29) is 24.4 Å². The van der Waals surface area contributed by atoms with Gasteiger partial charge in [0.1, 0.15) is 0 Å². The topological polar surface area (TPSA) is 108 Å². The number of methoxy groups -OCH3 is 1. The van der Waals surface area contributed by atoms with E-state index in [2.05, 4.69) is 10.6 Å². The minimum Gasteiger partial charge on any atom is -0.494 e. The summed E-state index contributed by atoms with van der Waals surface area (Å²) in [4.78, 5) is 21.8. The Morgan fingerprint density at radius 3 is 2.70 bits per heavy atom. The molecule has 0 saturated heterocycles. The van der Waals surface area contributed by atoms with Crippen LogP contribution in [0.2, 0.25) is 0 Å². The van der Waals surface area contributed by atoms with Crippen LogP contribution in [0.25, 0.3) is 0 Å². The number of aliphatic carboxylic acids is 1. The monoisotopic (exact) mass is 286 g/mol. The molecule has 0 aliphatic heterocycles. The minimum atomic E-state index is -1.53. The molecule has 0 bridgehead atoms. The van der Waals surface area contributed by atoms with Crippen molar-refractivity contribution in [3.05, 3.63) is 24.0 Å². The first-order valence-electron chi connectivity index (χ1n) is 5.73. The van der Waals surface area contributed by atoms with Crippen LogP contribution >= 0.6 is 0 Å². The second kappa shape index (κ2) is 7.29. The molecule has 8 heteroatoms. The molecule has 7 nitrogen and oxygen atoms in total. The van der Waals surface area contributed by atoms with E-state index in [0.717, 1.165) is 6.07 Å². The molecule has 0 radical (unpaired) electrons. The van der Waals surface area contributed by atoms with Crippen LogP contribution in [0.3, 0.4) is 0 Å². The molecule has 1 aromatic carbocycles. The van der Waals surface area contributed by atoms with Crippen molar-refractivity contribution in [2.45, 2.75) is 12.5 Å². The van der Waals surface area contributed by atoms with Crippen molar-refractivity contribution in [3.8, 4) is 5.75 Å². The molecule has 0 fully saturated rings. The number of nitrogens with one attached hydrogen (secondary N) is 2. The van der Waals surface area contributed by atoms with Crippen LogP contribution in [0, 0.1) is 5.82 Å². The first-order chi connectivity index (χ1) is 9.43. The van der Waals surface area contributed by atoms with Gasteiger partial charge in [0.2, 0.25) is 0 Å². The molecule has 1 unspecified atom stereocenters. The molecule has 0 spiro atoms. The first kappa shape index (κ1) is 15.7. The molecule has 0 aliphatic carbocycles. The standard InChI is InChI=1S/C12H15FN2O5/c1-20-10-3-2-7(6-8(10)13)15-12(19)14-5-4-9(16)11(17)18/h2-3,6,9,16H,4-5H2,1H3,(H,17,18)(H2,14,15,19). The number of carbonyl (C=O) groups excluding carboxylic acids is 1. The number of hydrogen-bond donors (Lipinski definition) is 4. The van der Waals surface area contributed by atoms with Crippen LogP contribution in [0.15, 0.2) is 18.2 Å². The minimum absolute atomic E-state index is 0.0298. The summed E-state index contributed by atoms with van der Waals surface area (Å²) in [7, 11) is 1.33. The van der Waals surface area contributed by atoms with Gasteiger partial charge >= 0.3 is 12.0 Å². The summed E-state index contributed by atoms with van der Waals surface area (Å²) >= 11 is 0. The predicted octanol–water partition coefficient (Wildman–Crippen LogP) is 0.791. The van der Waals surface area contributed by atoms with Crippen LogP contribution < -0.4 is 15.4 Å². The molecule has 20 heavy (non-hydrogen) atoms. The molecular weight excluding hydrogens is 271 g/mol. The third kappa shape index (κ3) is 4.73. The highest BCUT2D eigenvalue weighted by atomic mass is 19.1. The van der Waals surface area contributed by atoms with Gasteiger partial charge in [-0.05, 0) is 12.1 Å². The number of benzene rings is 1. The maximum Gasteiger partial charge on any atom is 0.332 e. The molecule has 0 aromatic heterocycles. The number of hydrogen-bond acceptors (Lipinski definition) is 4. The molecule has 0 aliphatic rings. The second-order valence-corrected chi connectivity index (χ2v) is 3.87. The summed E-state index contributed by atoms with van der Waals surface area (Å²) < 4.78 is 18.1. The number of carbonyl (C=O) groups is 2. The van der Waals surface area contributed by atoms with E-state index in [1.165, 1.54) is 19.2 Å². The van der Waals surface area contributed by atoms with E-state index in [9.17, 15) is 14.0 Å². The van der Waals surface area contributed by atoms with Gasteiger partial charge < -0.3 is 25.6 Å². The fourth-order valence-electron chi connectivity index (χ4n) is 1.37. The average Bonchev–Trinajstić information content (AvgIpc) is 2.38. The van der Waals surface area contributed by atoms with Crippen molar-refractivity contribution < 1.29 is 28.9 Å². The van der Waals surface area contributed by atoms with Crippen molar-refractivity contribution in [3.63, 3.8) is 0 Å². The highest BCUT2D eigenvalue weighted by molar-refractivity contribution is 5.89. The van der Waals surface area contributed by atoms with Crippen LogP contribution in [-0.4, -0.2) is 42.0 Å². The van der Waals surface area contributed by atoms with Crippen molar-refractivity contribution in [1.29, 1.82) is 0 Å². The van der Waals surface area contributed by atoms with E-state index < -0.39 is 23.9 Å². The van der Waals surface area contributed by atoms with Crippen LogP contribution in [-0.2, 0) is 4.79 Å². The maximum atomic E-state index is 13.4. The number of anilines is 1. The summed E-state index contributed by atoms with van der Waals surface area (Å²) in [5, 5.41) is 22.1. The van der Waals surface area contributed by atoms with Crippen molar-refractivity contribution >= 4 is 17.7 Å². The Morgan fingerprint density at radius 2 is 2.15 bits per heavy atom. The third-order valence-electron chi connectivity index (χ3n) is 2.40. The fourth-order valence-corrected chi connectivity index (χ4v) is 1.37. The van der Waals surface area contributed by atoms with Crippen LogP contribution in [0.5, 0.6) is 5.75 Å². The van der Waals surface area contributed by atoms with Gasteiger partial charge in [0.05, 0.1) is 7.11 Å². The third-order valence-corrected chi connectivity index (χ3v) is 2.40. The molecule has 110 valence electrons. The van der Waals surface area contributed by atoms with Gasteiger partial charge in [-0.1, -0.05) is 0 Å². The zero-order valence-corrected chi connectivity index (χ0v) is 10.7. The van der Waals surface area contributed by atoms with E-state index >= 15 is 0 Å². The Balaban J connectivity index is 2.43. The summed E-state index contributed by atoms with van der Waals surface area (Å²) in [6.07, 6.45) is -1.66. The lowest BCUT2D eigenvalue weighted by Crippen LogP contribution is -2.33. The smallest absolute Gasteiger partial charge is 0.332 e. The second-order valence-electron chi connectivity index (χ2n) is 3.87. The van der Waals surface area contributed by atoms with E-state index in [1.54, 1.807) is 0 Å². The van der Waals surface area contributed by atoms with Crippen LogP contribution in [0.1, 0.15) is 6.42 Å². The molecule has 1 atom stereocenters. The fraction of sp³-hybridized carbons (Fsp3) is 0.333. The lowest BCUT2D eigenvalue weighted by atomic mass is 10.2. The zero-order valence-electron chi connectivity index (χ0n) is 10.7. The van der Waals surface area contributed by atoms with E-state index in [4.69, 9.17) is 14.9 Å². The Hall–Kier alpha value is -2.35. The Bertz CT molecular complexity index is 495. The number of carboxylic acids is 1. The SMILES string of the molecule is COc1ccc(NC(=O)NCCC(O)C(=O)O)cc1F. The quantitative estimate of drug-likeness (QED) is 0.618. The van der Waals surface area contributed by atoms with Gasteiger partial charge in [-0.3, -0.25) is 0 Å². The number of urea groups is 1. The Morgan fingerprint density at radius 1 is 1.45 bits per heavy atom. The number of amides is 2. The lowest BCUT2D eigenvalue weighted by molar-refractivity contribution is -0.146. The number of aliphatic hydroxyl groups is 1. The zero-order chi connectivity index (χ0) is 15.1. The average molecular weight is 286 g/mol. The lowest BCUT2D eigenvalue weighted by Gasteiger charge is -2.10. The van der Waals surface area contributed by atoms with Gasteiger partial charge in [-0.25, -0.2) is 14.0 Å². The van der Waals surface area contributed by atoms with Gasteiger partial charge in [0.25, 0.3) is 0 Å². The number of carboxylic acid groups (broad SMARTS) is 1. The Labute approximate surface area is 114 Å². The van der Waals surface area contributed by atoms with Crippen LogP contribution in [0.4, 0.5) is 14.9 Å². The normalized spacial score (nSPS) is 11.6. The molecule has 0 saturated carbocycles. The number of ether oxygens (including phenoxy) is 1. The molecular formula is C12H15FN2O5. The molecule has 4 N–H and O–H groups in total. The first-order valence-corrected chi connectivity index (χ1v) is 5.73. The van der Waals surface area contributed by atoms with Crippen molar-refractivity contribution in [2.75, 3.05) is 19.0 Å². The molecule has 0 heterocycles. The predicted molar refractivity (Wildman–Crippen MR) is 68.2 cm³/mol. The van der Waals surface area contributed by atoms with Crippen molar-refractivity contribution in [2.24, 2.45) is 0 Å². The summed E-state index contributed by atoms with van der Waals surface area (Å²) in [5.41, 5.74) is 0.222. The summed E-state index contributed by atoms with van der Waals surface area (Å²) in [6.45, 7) is -0.0298. The van der Waals surface area contributed by atoms with Gasteiger partial charge in [0.15, 0.2) is 17.7 Å². The highest BCUT2D eigenvalue weighted by Crippen LogP contribution is 2.20. The van der Waals surface area contributed by atoms with Crippen molar-refractivity contribution in [1.82, 2.24) is 5.32 Å². The molecule has 1 aromatic rings. The highest BCUT2D eigenvalue weighted by Gasteiger charge is 2.13. The molecule has 2 amide bonds. The summed E-state index contributed by atoms with van der Waals surface area (Å²) in [6, 6.07) is 3.27. The molecule has 1 rings (SSSR count). The van der Waals surface area contributed by atoms with Gasteiger partial charge in [-0.2, -0.15) is 0 Å². The van der Waals surface area contributed by atoms with E-state index in [1.807, 2.05) is 0 Å². The van der Waals surface area contributed by atoms with Gasteiger partial charge in [0, 0.05) is 24.7 Å². The maximum absolute atomic E-state index is 13.4.